The molecule has 1 aliphatic rings. The van der Waals surface area contributed by atoms with Crippen molar-refractivity contribution in [3.05, 3.63) is 29.3 Å². The number of carbonyl (C=O) groups is 1. The van der Waals surface area contributed by atoms with Crippen LogP contribution in [0.25, 0.3) is 0 Å². The molecule has 2 rings (SSSR count). The molecule has 1 amide bonds. The topological polar surface area (TPSA) is 72.4 Å². The number of nitrogens with zero attached hydrogens (tertiary/aromatic N) is 1. The summed E-state index contributed by atoms with van der Waals surface area (Å²) in [7, 11) is 0. The number of hydrogen-bond acceptors (Lipinski definition) is 3. The van der Waals surface area contributed by atoms with Crippen molar-refractivity contribution >= 4 is 11.6 Å². The number of piperidine rings is 1. The number of benzene rings is 1. The van der Waals surface area contributed by atoms with E-state index in [9.17, 15) is 4.79 Å². The van der Waals surface area contributed by atoms with Gasteiger partial charge in [0.1, 0.15) is 0 Å². The fourth-order valence-corrected chi connectivity index (χ4v) is 3.00. The van der Waals surface area contributed by atoms with Gasteiger partial charge in [0, 0.05) is 19.1 Å². The van der Waals surface area contributed by atoms with Crippen molar-refractivity contribution in [2.75, 3.05) is 18.0 Å². The van der Waals surface area contributed by atoms with Crippen LogP contribution in [0.15, 0.2) is 18.2 Å². The van der Waals surface area contributed by atoms with Gasteiger partial charge < -0.3 is 16.4 Å². The van der Waals surface area contributed by atoms with Gasteiger partial charge in [-0.2, -0.15) is 0 Å². The second-order valence-corrected chi connectivity index (χ2v) is 5.50. The summed E-state index contributed by atoms with van der Waals surface area (Å²) in [5.41, 5.74) is 14.1. The zero-order chi connectivity index (χ0) is 14.0. The number of amides is 1. The molecule has 4 N–H and O–H groups in total. The number of carbonyl (C=O) groups excluding carboxylic acids is 1. The number of aryl methyl sites for hydroxylation is 1. The van der Waals surface area contributed by atoms with Crippen LogP contribution >= 0.6 is 0 Å². The van der Waals surface area contributed by atoms with E-state index in [1.54, 1.807) is 0 Å². The van der Waals surface area contributed by atoms with E-state index in [1.165, 1.54) is 6.42 Å². The summed E-state index contributed by atoms with van der Waals surface area (Å²) in [5.74, 6) is 0.170. The molecule has 0 radical (unpaired) electrons. The highest BCUT2D eigenvalue weighted by molar-refractivity contribution is 5.98. The van der Waals surface area contributed by atoms with Gasteiger partial charge >= 0.3 is 0 Å². The van der Waals surface area contributed by atoms with Crippen LogP contribution in [0.4, 0.5) is 5.69 Å². The summed E-state index contributed by atoms with van der Waals surface area (Å²) in [5, 5.41) is 0. The molecule has 1 aromatic rings. The number of hydrogen-bond donors (Lipinski definition) is 2. The molecule has 1 saturated heterocycles. The highest BCUT2D eigenvalue weighted by Crippen LogP contribution is 2.31. The molecule has 1 fully saturated rings. The summed E-state index contributed by atoms with van der Waals surface area (Å²) < 4.78 is 0. The van der Waals surface area contributed by atoms with E-state index in [0.29, 0.717) is 18.0 Å². The number of nitrogens with two attached hydrogens (primary N) is 2. The van der Waals surface area contributed by atoms with Crippen molar-refractivity contribution < 1.29 is 4.79 Å². The summed E-state index contributed by atoms with van der Waals surface area (Å²) in [6.07, 6.45) is 2.32. The third-order valence-corrected chi connectivity index (χ3v) is 4.09. The third-order valence-electron chi connectivity index (χ3n) is 4.09. The van der Waals surface area contributed by atoms with Crippen molar-refractivity contribution in [2.45, 2.75) is 32.7 Å². The van der Waals surface area contributed by atoms with Gasteiger partial charge in [-0.05, 0) is 43.4 Å². The number of primary amides is 1. The van der Waals surface area contributed by atoms with Gasteiger partial charge in [0.05, 0.1) is 11.3 Å². The maximum atomic E-state index is 11.6. The van der Waals surface area contributed by atoms with E-state index >= 15 is 0 Å². The van der Waals surface area contributed by atoms with Crippen molar-refractivity contribution in [1.82, 2.24) is 0 Å². The van der Waals surface area contributed by atoms with Crippen LogP contribution in [-0.4, -0.2) is 25.0 Å². The summed E-state index contributed by atoms with van der Waals surface area (Å²) in [6.45, 7) is 5.80. The minimum atomic E-state index is -0.371. The van der Waals surface area contributed by atoms with E-state index in [4.69, 9.17) is 11.5 Å². The van der Waals surface area contributed by atoms with Crippen molar-refractivity contribution in [3.8, 4) is 0 Å². The molecule has 19 heavy (non-hydrogen) atoms. The van der Waals surface area contributed by atoms with Gasteiger partial charge in [-0.1, -0.05) is 13.0 Å². The average molecular weight is 261 g/mol. The van der Waals surface area contributed by atoms with Crippen LogP contribution < -0.4 is 16.4 Å². The number of anilines is 1. The second-order valence-electron chi connectivity index (χ2n) is 5.50. The third kappa shape index (κ3) is 2.73. The SMILES string of the molecule is Cc1ccc(C(N)=O)c(N2CCCC(C)C2CN)c1. The van der Waals surface area contributed by atoms with Crippen molar-refractivity contribution in [1.29, 1.82) is 0 Å². The molecular formula is C15H23N3O. The van der Waals surface area contributed by atoms with Crippen LogP contribution in [0.5, 0.6) is 0 Å². The average Bonchev–Trinajstić information content (AvgIpc) is 2.37. The highest BCUT2D eigenvalue weighted by Gasteiger charge is 2.29. The summed E-state index contributed by atoms with van der Waals surface area (Å²) in [4.78, 5) is 13.9. The lowest BCUT2D eigenvalue weighted by molar-refractivity contribution is 0.100. The molecule has 0 bridgehead atoms. The molecule has 2 unspecified atom stereocenters. The van der Waals surface area contributed by atoms with Crippen molar-refractivity contribution in [3.63, 3.8) is 0 Å². The molecule has 1 heterocycles. The fraction of sp³-hybridized carbons (Fsp3) is 0.533. The Hall–Kier alpha value is -1.55. The Morgan fingerprint density at radius 3 is 2.84 bits per heavy atom. The van der Waals surface area contributed by atoms with Crippen LogP contribution in [0.2, 0.25) is 0 Å². The standard InChI is InChI=1S/C15H23N3O/c1-10-5-6-12(15(17)19)13(8-10)18-7-3-4-11(2)14(18)9-16/h5-6,8,11,14H,3-4,7,9,16H2,1-2H3,(H2,17,19). The molecule has 0 aromatic heterocycles. The van der Waals surface area contributed by atoms with Gasteiger partial charge in [0.2, 0.25) is 0 Å². The van der Waals surface area contributed by atoms with Crippen LogP contribution in [0.1, 0.15) is 35.7 Å². The van der Waals surface area contributed by atoms with Gasteiger partial charge in [0.15, 0.2) is 0 Å². The molecule has 2 atom stereocenters. The first-order valence-corrected chi connectivity index (χ1v) is 6.91. The highest BCUT2D eigenvalue weighted by atomic mass is 16.1. The Morgan fingerprint density at radius 2 is 2.21 bits per heavy atom. The lowest BCUT2D eigenvalue weighted by Gasteiger charge is -2.41. The predicted octanol–water partition coefficient (Wildman–Crippen LogP) is 1.66. The maximum Gasteiger partial charge on any atom is 0.250 e. The van der Waals surface area contributed by atoms with E-state index < -0.39 is 0 Å². The molecule has 1 aliphatic heterocycles. The molecule has 4 heteroatoms. The zero-order valence-corrected chi connectivity index (χ0v) is 11.7. The predicted molar refractivity (Wildman–Crippen MR) is 78.3 cm³/mol. The number of rotatable bonds is 3. The van der Waals surface area contributed by atoms with E-state index in [1.807, 2.05) is 25.1 Å². The van der Waals surface area contributed by atoms with Gasteiger partial charge in [-0.3, -0.25) is 4.79 Å². The summed E-state index contributed by atoms with van der Waals surface area (Å²) >= 11 is 0. The molecular weight excluding hydrogens is 238 g/mol. The molecule has 1 aromatic carbocycles. The molecule has 0 spiro atoms. The Morgan fingerprint density at radius 1 is 1.47 bits per heavy atom. The molecule has 104 valence electrons. The van der Waals surface area contributed by atoms with E-state index in [2.05, 4.69) is 11.8 Å². The smallest absolute Gasteiger partial charge is 0.250 e. The first-order valence-electron chi connectivity index (χ1n) is 6.91. The largest absolute Gasteiger partial charge is 0.366 e. The lowest BCUT2D eigenvalue weighted by atomic mass is 9.89. The van der Waals surface area contributed by atoms with Crippen LogP contribution in [0, 0.1) is 12.8 Å². The second kappa shape index (κ2) is 5.61. The normalized spacial score (nSPS) is 23.4. The minimum absolute atomic E-state index is 0.286. The van der Waals surface area contributed by atoms with E-state index in [0.717, 1.165) is 24.2 Å². The molecule has 0 saturated carbocycles. The van der Waals surface area contributed by atoms with E-state index in [-0.39, 0.29) is 11.9 Å². The Balaban J connectivity index is 2.43. The van der Waals surface area contributed by atoms with Gasteiger partial charge in [-0.25, -0.2) is 0 Å². The van der Waals surface area contributed by atoms with Crippen LogP contribution in [-0.2, 0) is 0 Å². The first-order chi connectivity index (χ1) is 9.04. The Bertz CT molecular complexity index is 472. The van der Waals surface area contributed by atoms with Crippen molar-refractivity contribution in [2.24, 2.45) is 17.4 Å². The monoisotopic (exact) mass is 261 g/mol. The molecule has 4 nitrogen and oxygen atoms in total. The maximum absolute atomic E-state index is 11.6. The van der Waals surface area contributed by atoms with Gasteiger partial charge in [0.25, 0.3) is 5.91 Å². The minimum Gasteiger partial charge on any atom is -0.366 e. The van der Waals surface area contributed by atoms with Crippen LogP contribution in [0.3, 0.4) is 0 Å². The Kier molecular flexibility index (Phi) is 4.10. The van der Waals surface area contributed by atoms with Gasteiger partial charge in [-0.15, -0.1) is 0 Å². The molecule has 0 aliphatic carbocycles. The lowest BCUT2D eigenvalue weighted by Crippen LogP contribution is -2.49. The first kappa shape index (κ1) is 13.9. The summed E-state index contributed by atoms with van der Waals surface area (Å²) in [6, 6.07) is 6.07. The quantitative estimate of drug-likeness (QED) is 0.869. The fourth-order valence-electron chi connectivity index (χ4n) is 3.00. The Labute approximate surface area is 114 Å². The zero-order valence-electron chi connectivity index (χ0n) is 11.7.